The SMILES string of the molecule is Cc1oc(COCCC(C)(C)C)cc1CNCC(C)C. The largest absolute Gasteiger partial charge is 0.464 e. The van der Waals surface area contributed by atoms with Gasteiger partial charge in [0, 0.05) is 18.7 Å². The molecule has 0 fully saturated rings. The highest BCUT2D eigenvalue weighted by Crippen LogP contribution is 2.19. The maximum atomic E-state index is 5.74. The zero-order valence-electron chi connectivity index (χ0n) is 14.0. The van der Waals surface area contributed by atoms with Crippen molar-refractivity contribution >= 4 is 0 Å². The third-order valence-corrected chi connectivity index (χ3v) is 3.18. The molecule has 1 rings (SSSR count). The Morgan fingerprint density at radius 1 is 1.30 bits per heavy atom. The molecule has 1 aromatic heterocycles. The van der Waals surface area contributed by atoms with Gasteiger partial charge in [-0.05, 0) is 37.3 Å². The van der Waals surface area contributed by atoms with Crippen LogP contribution in [-0.2, 0) is 17.9 Å². The second-order valence-corrected chi connectivity index (χ2v) is 7.18. The minimum absolute atomic E-state index is 0.324. The highest BCUT2D eigenvalue weighted by atomic mass is 16.5. The van der Waals surface area contributed by atoms with Crippen molar-refractivity contribution in [3.05, 3.63) is 23.2 Å². The summed E-state index contributed by atoms with van der Waals surface area (Å²) in [6.45, 7) is 16.4. The smallest absolute Gasteiger partial charge is 0.130 e. The fourth-order valence-electron chi connectivity index (χ4n) is 1.88. The summed E-state index contributed by atoms with van der Waals surface area (Å²) in [7, 11) is 0. The van der Waals surface area contributed by atoms with Crippen LogP contribution in [0.3, 0.4) is 0 Å². The van der Waals surface area contributed by atoms with E-state index in [4.69, 9.17) is 9.15 Å². The summed E-state index contributed by atoms with van der Waals surface area (Å²) in [6.07, 6.45) is 1.06. The predicted octanol–water partition coefficient (Wildman–Crippen LogP) is 4.29. The molecule has 0 amide bonds. The van der Waals surface area contributed by atoms with Crippen molar-refractivity contribution < 1.29 is 9.15 Å². The summed E-state index contributed by atoms with van der Waals surface area (Å²) in [5.41, 5.74) is 1.56. The van der Waals surface area contributed by atoms with Crippen LogP contribution >= 0.6 is 0 Å². The quantitative estimate of drug-likeness (QED) is 0.722. The Bertz CT molecular complexity index is 388. The molecule has 1 aromatic rings. The number of hydrogen-bond donors (Lipinski definition) is 1. The van der Waals surface area contributed by atoms with Gasteiger partial charge in [-0.15, -0.1) is 0 Å². The maximum Gasteiger partial charge on any atom is 0.130 e. The molecule has 20 heavy (non-hydrogen) atoms. The summed E-state index contributed by atoms with van der Waals surface area (Å²) < 4.78 is 11.4. The number of hydrogen-bond acceptors (Lipinski definition) is 3. The summed E-state index contributed by atoms with van der Waals surface area (Å²) >= 11 is 0. The van der Waals surface area contributed by atoms with Gasteiger partial charge >= 0.3 is 0 Å². The zero-order chi connectivity index (χ0) is 15.2. The van der Waals surface area contributed by atoms with E-state index in [0.29, 0.717) is 17.9 Å². The van der Waals surface area contributed by atoms with E-state index >= 15 is 0 Å². The van der Waals surface area contributed by atoms with Crippen LogP contribution in [0.2, 0.25) is 0 Å². The van der Waals surface area contributed by atoms with Crippen LogP contribution in [0.1, 0.15) is 58.1 Å². The predicted molar refractivity (Wildman–Crippen MR) is 83.7 cm³/mol. The minimum atomic E-state index is 0.324. The number of ether oxygens (including phenoxy) is 1. The van der Waals surface area contributed by atoms with E-state index in [0.717, 1.165) is 37.6 Å². The van der Waals surface area contributed by atoms with Gasteiger partial charge in [-0.25, -0.2) is 0 Å². The van der Waals surface area contributed by atoms with Crippen LogP contribution < -0.4 is 5.32 Å². The summed E-state index contributed by atoms with van der Waals surface area (Å²) in [6, 6.07) is 2.11. The molecule has 0 aromatic carbocycles. The first-order chi connectivity index (χ1) is 9.28. The minimum Gasteiger partial charge on any atom is -0.464 e. The van der Waals surface area contributed by atoms with Gasteiger partial charge in [-0.2, -0.15) is 0 Å². The summed E-state index contributed by atoms with van der Waals surface area (Å²) in [4.78, 5) is 0. The molecule has 0 atom stereocenters. The maximum absolute atomic E-state index is 5.74. The van der Waals surface area contributed by atoms with Crippen molar-refractivity contribution in [3.8, 4) is 0 Å². The molecular weight excluding hydrogens is 250 g/mol. The van der Waals surface area contributed by atoms with E-state index in [1.807, 2.05) is 6.92 Å². The third-order valence-electron chi connectivity index (χ3n) is 3.18. The Hall–Kier alpha value is -0.800. The number of aryl methyl sites for hydroxylation is 1. The first-order valence-electron chi connectivity index (χ1n) is 7.64. The Kier molecular flexibility index (Phi) is 6.77. The van der Waals surface area contributed by atoms with Gasteiger partial charge in [0.1, 0.15) is 18.1 Å². The fourth-order valence-corrected chi connectivity index (χ4v) is 1.88. The van der Waals surface area contributed by atoms with Crippen molar-refractivity contribution in [2.45, 2.75) is 61.1 Å². The molecule has 0 aliphatic heterocycles. The molecule has 0 unspecified atom stereocenters. The second-order valence-electron chi connectivity index (χ2n) is 7.18. The van der Waals surface area contributed by atoms with Gasteiger partial charge in [-0.3, -0.25) is 0 Å². The Morgan fingerprint density at radius 2 is 2.00 bits per heavy atom. The van der Waals surface area contributed by atoms with Crippen molar-refractivity contribution in [2.24, 2.45) is 11.3 Å². The lowest BCUT2D eigenvalue weighted by molar-refractivity contribution is 0.0839. The monoisotopic (exact) mass is 281 g/mol. The van der Waals surface area contributed by atoms with Gasteiger partial charge in [0.25, 0.3) is 0 Å². The zero-order valence-corrected chi connectivity index (χ0v) is 14.0. The van der Waals surface area contributed by atoms with Gasteiger partial charge in [0.15, 0.2) is 0 Å². The van der Waals surface area contributed by atoms with Crippen LogP contribution in [0.15, 0.2) is 10.5 Å². The lowest BCUT2D eigenvalue weighted by Crippen LogP contribution is -2.18. The Morgan fingerprint density at radius 3 is 2.60 bits per heavy atom. The Labute approximate surface area is 124 Å². The van der Waals surface area contributed by atoms with Crippen LogP contribution in [0.4, 0.5) is 0 Å². The van der Waals surface area contributed by atoms with E-state index in [2.05, 4.69) is 46.0 Å². The van der Waals surface area contributed by atoms with Crippen molar-refractivity contribution in [2.75, 3.05) is 13.2 Å². The molecule has 3 nitrogen and oxygen atoms in total. The lowest BCUT2D eigenvalue weighted by Gasteiger charge is -2.17. The molecule has 0 bridgehead atoms. The van der Waals surface area contributed by atoms with E-state index in [-0.39, 0.29) is 0 Å². The number of furan rings is 1. The van der Waals surface area contributed by atoms with Crippen molar-refractivity contribution in [1.82, 2.24) is 5.32 Å². The van der Waals surface area contributed by atoms with E-state index in [1.54, 1.807) is 0 Å². The molecule has 0 spiro atoms. The average Bonchev–Trinajstić information content (AvgIpc) is 2.64. The molecule has 0 radical (unpaired) electrons. The first-order valence-corrected chi connectivity index (χ1v) is 7.64. The summed E-state index contributed by atoms with van der Waals surface area (Å²) in [5, 5.41) is 3.44. The fraction of sp³-hybridized carbons (Fsp3) is 0.765. The molecule has 3 heteroatoms. The van der Waals surface area contributed by atoms with Gasteiger partial charge < -0.3 is 14.5 Å². The van der Waals surface area contributed by atoms with E-state index < -0.39 is 0 Å². The topological polar surface area (TPSA) is 34.4 Å². The summed E-state index contributed by atoms with van der Waals surface area (Å²) in [5.74, 6) is 2.59. The molecule has 0 saturated carbocycles. The molecule has 0 aliphatic rings. The number of rotatable bonds is 8. The van der Waals surface area contributed by atoms with Crippen LogP contribution in [0.25, 0.3) is 0 Å². The van der Waals surface area contributed by atoms with E-state index in [9.17, 15) is 0 Å². The highest BCUT2D eigenvalue weighted by molar-refractivity contribution is 5.20. The van der Waals surface area contributed by atoms with Gasteiger partial charge in [-0.1, -0.05) is 34.6 Å². The van der Waals surface area contributed by atoms with Crippen molar-refractivity contribution in [1.29, 1.82) is 0 Å². The molecule has 0 saturated heterocycles. The van der Waals surface area contributed by atoms with Crippen LogP contribution in [0.5, 0.6) is 0 Å². The number of nitrogens with one attached hydrogen (secondary N) is 1. The first kappa shape index (κ1) is 17.3. The van der Waals surface area contributed by atoms with Crippen molar-refractivity contribution in [3.63, 3.8) is 0 Å². The standard InChI is InChI=1S/C17H31NO2/c1-13(2)10-18-11-15-9-16(20-14(15)3)12-19-8-7-17(4,5)6/h9,13,18H,7-8,10-12H2,1-6H3. The van der Waals surface area contributed by atoms with Crippen LogP contribution in [0, 0.1) is 18.3 Å². The normalized spacial score (nSPS) is 12.3. The van der Waals surface area contributed by atoms with Gasteiger partial charge in [0.05, 0.1) is 0 Å². The van der Waals surface area contributed by atoms with E-state index in [1.165, 1.54) is 5.56 Å². The lowest BCUT2D eigenvalue weighted by atomic mass is 9.93. The molecular formula is C17H31NO2. The highest BCUT2D eigenvalue weighted by Gasteiger charge is 2.11. The molecule has 1 N–H and O–H groups in total. The average molecular weight is 281 g/mol. The molecule has 1 heterocycles. The molecule has 116 valence electrons. The second kappa shape index (κ2) is 7.84. The van der Waals surface area contributed by atoms with Crippen LogP contribution in [-0.4, -0.2) is 13.2 Å². The Balaban J connectivity index is 2.33. The third kappa shape index (κ3) is 7.11. The molecule has 0 aliphatic carbocycles. The van der Waals surface area contributed by atoms with Gasteiger partial charge in [0.2, 0.25) is 0 Å².